The maximum Gasteiger partial charge on any atom is 0.338 e. The van der Waals surface area contributed by atoms with Crippen molar-refractivity contribution in [1.82, 2.24) is 9.62 Å². The van der Waals surface area contributed by atoms with Crippen molar-refractivity contribution in [3.05, 3.63) is 29.3 Å². The molecule has 8 nitrogen and oxygen atoms in total. The minimum atomic E-state index is -3.74. The third-order valence-corrected chi connectivity index (χ3v) is 8.44. The van der Waals surface area contributed by atoms with Crippen LogP contribution in [0.1, 0.15) is 49.0 Å². The molecule has 3 rings (SSSR count). The molecular weight excluding hydrogens is 420 g/mol. The van der Waals surface area contributed by atoms with Crippen molar-refractivity contribution in [2.75, 3.05) is 32.9 Å². The first-order valence-corrected chi connectivity index (χ1v) is 12.3. The fraction of sp³-hybridized carbons (Fsp3) is 0.636. The Morgan fingerprint density at radius 1 is 1.19 bits per heavy atom. The third kappa shape index (κ3) is 5.64. The predicted molar refractivity (Wildman–Crippen MR) is 115 cm³/mol. The lowest BCUT2D eigenvalue weighted by Crippen LogP contribution is -2.45. The highest BCUT2D eigenvalue weighted by Gasteiger charge is 2.30. The molecule has 9 heteroatoms. The van der Waals surface area contributed by atoms with Gasteiger partial charge >= 0.3 is 5.97 Å². The standard InChI is InChI=1S/C22H32N2O6S/c1-15-5-4-6-19(17(15)3)23-21(25)14-30-22(26)18-8-7-16(2)20(13-18)31(27,28)24-9-11-29-12-10-24/h7-8,13,15,17,19H,4-6,9-12,14H2,1-3H3,(H,23,25)/t15-,17-,19-/m0/s1. The van der Waals surface area contributed by atoms with E-state index in [9.17, 15) is 18.0 Å². The van der Waals surface area contributed by atoms with Crippen molar-refractivity contribution in [3.63, 3.8) is 0 Å². The molecule has 0 bridgehead atoms. The van der Waals surface area contributed by atoms with Crippen LogP contribution in [0.2, 0.25) is 0 Å². The maximum absolute atomic E-state index is 13.0. The van der Waals surface area contributed by atoms with Gasteiger partial charge in [-0.3, -0.25) is 4.79 Å². The van der Waals surface area contributed by atoms with Gasteiger partial charge in [0.15, 0.2) is 6.61 Å². The summed E-state index contributed by atoms with van der Waals surface area (Å²) in [7, 11) is -3.74. The molecular formula is C22H32N2O6S. The molecule has 31 heavy (non-hydrogen) atoms. The van der Waals surface area contributed by atoms with Crippen molar-refractivity contribution >= 4 is 21.9 Å². The number of morpholine rings is 1. The van der Waals surface area contributed by atoms with Crippen LogP contribution in [0.25, 0.3) is 0 Å². The summed E-state index contributed by atoms with van der Waals surface area (Å²) in [4.78, 5) is 24.8. The number of hydrogen-bond donors (Lipinski definition) is 1. The number of sulfonamides is 1. The Balaban J connectivity index is 1.63. The molecule has 2 aliphatic rings. The van der Waals surface area contributed by atoms with Crippen LogP contribution in [0, 0.1) is 18.8 Å². The first-order chi connectivity index (χ1) is 14.7. The zero-order valence-electron chi connectivity index (χ0n) is 18.4. The minimum Gasteiger partial charge on any atom is -0.452 e. The number of rotatable bonds is 6. The first kappa shape index (κ1) is 23.7. The molecule has 0 aromatic heterocycles. The zero-order chi connectivity index (χ0) is 22.6. The summed E-state index contributed by atoms with van der Waals surface area (Å²) < 4.78 is 37.7. The van der Waals surface area contributed by atoms with E-state index >= 15 is 0 Å². The second-order valence-electron chi connectivity index (χ2n) is 8.51. The number of carbonyl (C=O) groups excluding carboxylic acids is 2. The van der Waals surface area contributed by atoms with Crippen LogP contribution in [0.5, 0.6) is 0 Å². The summed E-state index contributed by atoms with van der Waals surface area (Å²) in [5, 5.41) is 2.96. The van der Waals surface area contributed by atoms with Gasteiger partial charge < -0.3 is 14.8 Å². The van der Waals surface area contributed by atoms with Gasteiger partial charge in [-0.25, -0.2) is 13.2 Å². The molecule has 0 unspecified atom stereocenters. The number of benzene rings is 1. The minimum absolute atomic E-state index is 0.0679. The number of nitrogens with zero attached hydrogens (tertiary/aromatic N) is 1. The number of esters is 1. The van der Waals surface area contributed by atoms with Gasteiger partial charge in [-0.05, 0) is 42.9 Å². The van der Waals surface area contributed by atoms with Gasteiger partial charge in [0.2, 0.25) is 10.0 Å². The molecule has 0 spiro atoms. The molecule has 1 amide bonds. The van der Waals surface area contributed by atoms with Crippen molar-refractivity contribution in [2.45, 2.75) is 51.0 Å². The lowest BCUT2D eigenvalue weighted by Gasteiger charge is -2.34. The van der Waals surface area contributed by atoms with E-state index in [0.717, 1.165) is 19.3 Å². The quantitative estimate of drug-likeness (QED) is 0.664. The molecule has 3 atom stereocenters. The Morgan fingerprint density at radius 3 is 2.61 bits per heavy atom. The predicted octanol–water partition coefficient (Wildman–Crippen LogP) is 2.11. The third-order valence-electron chi connectivity index (χ3n) is 6.40. The molecule has 1 aromatic rings. The van der Waals surface area contributed by atoms with E-state index in [1.54, 1.807) is 13.0 Å². The fourth-order valence-corrected chi connectivity index (χ4v) is 5.84. The van der Waals surface area contributed by atoms with Gasteiger partial charge in [0.1, 0.15) is 0 Å². The van der Waals surface area contributed by atoms with E-state index in [4.69, 9.17) is 9.47 Å². The van der Waals surface area contributed by atoms with Gasteiger partial charge in [0.05, 0.1) is 23.7 Å². The van der Waals surface area contributed by atoms with Crippen LogP contribution in [0.3, 0.4) is 0 Å². The van der Waals surface area contributed by atoms with Crippen molar-refractivity contribution in [2.24, 2.45) is 11.8 Å². The number of nitrogens with one attached hydrogen (secondary N) is 1. The molecule has 1 aliphatic heterocycles. The number of aryl methyl sites for hydroxylation is 1. The molecule has 1 saturated heterocycles. The Kier molecular flexibility index (Phi) is 7.72. The Bertz CT molecular complexity index is 911. The topological polar surface area (TPSA) is 102 Å². The largest absolute Gasteiger partial charge is 0.452 e. The van der Waals surface area contributed by atoms with E-state index in [1.165, 1.54) is 16.4 Å². The van der Waals surface area contributed by atoms with Gasteiger partial charge in [-0.2, -0.15) is 4.31 Å². The Hall–Kier alpha value is -1.97. The molecule has 1 heterocycles. The highest BCUT2D eigenvalue weighted by Crippen LogP contribution is 2.29. The summed E-state index contributed by atoms with van der Waals surface area (Å²) in [6.07, 6.45) is 3.15. The smallest absolute Gasteiger partial charge is 0.338 e. The molecule has 2 fully saturated rings. The normalized spacial score (nSPS) is 25.1. The lowest BCUT2D eigenvalue weighted by molar-refractivity contribution is -0.125. The SMILES string of the molecule is Cc1ccc(C(=O)OCC(=O)N[C@H]2CCC[C@H](C)[C@@H]2C)cc1S(=O)(=O)N1CCOCC1. The molecule has 1 saturated carbocycles. The number of hydrogen-bond acceptors (Lipinski definition) is 6. The summed E-state index contributed by atoms with van der Waals surface area (Å²) in [5.41, 5.74) is 0.645. The fourth-order valence-electron chi connectivity index (χ4n) is 4.18. The van der Waals surface area contributed by atoms with Crippen molar-refractivity contribution < 1.29 is 27.5 Å². The van der Waals surface area contributed by atoms with Crippen molar-refractivity contribution in [3.8, 4) is 0 Å². The van der Waals surface area contributed by atoms with E-state index < -0.39 is 22.6 Å². The monoisotopic (exact) mass is 452 g/mol. The highest BCUT2D eigenvalue weighted by molar-refractivity contribution is 7.89. The van der Waals surface area contributed by atoms with E-state index in [2.05, 4.69) is 19.2 Å². The number of carbonyl (C=O) groups is 2. The number of amides is 1. The van der Waals surface area contributed by atoms with Crippen molar-refractivity contribution in [1.29, 1.82) is 0 Å². The van der Waals surface area contributed by atoms with Crippen LogP contribution in [-0.4, -0.2) is 63.6 Å². The average Bonchev–Trinajstić information content (AvgIpc) is 2.76. The van der Waals surface area contributed by atoms with Gasteiger partial charge in [-0.15, -0.1) is 0 Å². The van der Waals surface area contributed by atoms with Crippen LogP contribution < -0.4 is 5.32 Å². The second kappa shape index (κ2) is 10.1. The summed E-state index contributed by atoms with van der Waals surface area (Å²) in [5.74, 6) is -0.148. The van der Waals surface area contributed by atoms with Gasteiger partial charge in [-0.1, -0.05) is 32.8 Å². The van der Waals surface area contributed by atoms with E-state index in [0.29, 0.717) is 30.6 Å². The molecule has 1 N–H and O–H groups in total. The molecule has 0 radical (unpaired) electrons. The molecule has 172 valence electrons. The zero-order valence-corrected chi connectivity index (χ0v) is 19.2. The average molecular weight is 453 g/mol. The number of ether oxygens (including phenoxy) is 2. The maximum atomic E-state index is 13.0. The van der Waals surface area contributed by atoms with Crippen LogP contribution in [-0.2, 0) is 24.3 Å². The highest BCUT2D eigenvalue weighted by atomic mass is 32.2. The summed E-state index contributed by atoms with van der Waals surface area (Å²) >= 11 is 0. The van der Waals surface area contributed by atoms with Gasteiger partial charge in [0, 0.05) is 19.1 Å². The Labute approximate surface area is 184 Å². The summed E-state index contributed by atoms with van der Waals surface area (Å²) in [6, 6.07) is 4.50. The van der Waals surface area contributed by atoms with Crippen LogP contribution in [0.4, 0.5) is 0 Å². The van der Waals surface area contributed by atoms with Gasteiger partial charge in [0.25, 0.3) is 5.91 Å². The van der Waals surface area contributed by atoms with E-state index in [1.807, 2.05) is 0 Å². The molecule has 1 aliphatic carbocycles. The first-order valence-electron chi connectivity index (χ1n) is 10.8. The Morgan fingerprint density at radius 2 is 1.90 bits per heavy atom. The van der Waals surface area contributed by atoms with Crippen LogP contribution >= 0.6 is 0 Å². The second-order valence-corrected chi connectivity index (χ2v) is 10.4. The molecule has 1 aromatic carbocycles. The summed E-state index contributed by atoms with van der Waals surface area (Å²) in [6.45, 7) is 6.83. The lowest BCUT2D eigenvalue weighted by atomic mass is 9.78. The van der Waals surface area contributed by atoms with Crippen LogP contribution in [0.15, 0.2) is 23.1 Å². The van der Waals surface area contributed by atoms with E-state index in [-0.39, 0.29) is 35.5 Å².